The second-order valence-electron chi connectivity index (χ2n) is 5.25. The van der Waals surface area contributed by atoms with Crippen LogP contribution in [0.5, 0.6) is 5.75 Å². The SMILES string of the molecule is Cc1cc(OCc2c(C)cccc2N(C)O)c(C)cc1F. The van der Waals surface area contributed by atoms with Crippen LogP contribution in [0.1, 0.15) is 22.3 Å². The standard InChI is InChI=1S/C17H20FNO2/c1-11-6-5-7-16(19(4)20)14(11)10-21-17-9-12(2)15(18)8-13(17)3/h5-9,20H,10H2,1-4H3. The van der Waals surface area contributed by atoms with Crippen LogP contribution >= 0.6 is 0 Å². The smallest absolute Gasteiger partial charge is 0.126 e. The van der Waals surface area contributed by atoms with Crippen LogP contribution in [0, 0.1) is 26.6 Å². The zero-order valence-corrected chi connectivity index (χ0v) is 12.8. The van der Waals surface area contributed by atoms with E-state index in [2.05, 4.69) is 0 Å². The lowest BCUT2D eigenvalue weighted by molar-refractivity contribution is 0.270. The van der Waals surface area contributed by atoms with E-state index in [4.69, 9.17) is 4.74 Å². The summed E-state index contributed by atoms with van der Waals surface area (Å²) in [6, 6.07) is 8.85. The number of benzene rings is 2. The van der Waals surface area contributed by atoms with E-state index >= 15 is 0 Å². The highest BCUT2D eigenvalue weighted by Crippen LogP contribution is 2.26. The Balaban J connectivity index is 2.27. The Hall–Kier alpha value is -2.07. The van der Waals surface area contributed by atoms with Crippen molar-refractivity contribution in [1.29, 1.82) is 0 Å². The first-order valence-corrected chi connectivity index (χ1v) is 6.80. The molecule has 3 nitrogen and oxygen atoms in total. The van der Waals surface area contributed by atoms with Crippen molar-refractivity contribution in [2.24, 2.45) is 0 Å². The number of nitrogens with zero attached hydrogens (tertiary/aromatic N) is 1. The van der Waals surface area contributed by atoms with Crippen molar-refractivity contribution in [3.05, 3.63) is 58.4 Å². The number of anilines is 1. The van der Waals surface area contributed by atoms with Crippen molar-refractivity contribution in [1.82, 2.24) is 0 Å². The summed E-state index contributed by atoms with van der Waals surface area (Å²) >= 11 is 0. The van der Waals surface area contributed by atoms with Crippen LogP contribution < -0.4 is 9.80 Å². The topological polar surface area (TPSA) is 32.7 Å². The highest BCUT2D eigenvalue weighted by molar-refractivity contribution is 5.54. The number of halogens is 1. The number of ether oxygens (including phenoxy) is 1. The molecule has 0 amide bonds. The molecule has 1 N–H and O–H groups in total. The summed E-state index contributed by atoms with van der Waals surface area (Å²) in [5.41, 5.74) is 3.95. The van der Waals surface area contributed by atoms with Gasteiger partial charge in [0.25, 0.3) is 0 Å². The molecule has 0 aliphatic heterocycles. The molecular formula is C17H20FNO2. The third-order valence-corrected chi connectivity index (χ3v) is 3.56. The van der Waals surface area contributed by atoms with Gasteiger partial charge in [0.2, 0.25) is 0 Å². The van der Waals surface area contributed by atoms with Gasteiger partial charge < -0.3 is 4.74 Å². The van der Waals surface area contributed by atoms with E-state index in [1.807, 2.05) is 32.0 Å². The van der Waals surface area contributed by atoms with Crippen LogP contribution in [0.15, 0.2) is 30.3 Å². The zero-order chi connectivity index (χ0) is 15.6. The first kappa shape index (κ1) is 15.3. The summed E-state index contributed by atoms with van der Waals surface area (Å²) in [5, 5.41) is 10.8. The van der Waals surface area contributed by atoms with Crippen molar-refractivity contribution < 1.29 is 14.3 Å². The third-order valence-electron chi connectivity index (χ3n) is 3.56. The summed E-state index contributed by atoms with van der Waals surface area (Å²) in [4.78, 5) is 0. The molecule has 2 aromatic rings. The van der Waals surface area contributed by atoms with Crippen LogP contribution in [-0.4, -0.2) is 12.3 Å². The van der Waals surface area contributed by atoms with Crippen molar-refractivity contribution in [2.75, 3.05) is 12.1 Å². The Kier molecular flexibility index (Phi) is 4.48. The minimum Gasteiger partial charge on any atom is -0.489 e. The zero-order valence-electron chi connectivity index (χ0n) is 12.8. The van der Waals surface area contributed by atoms with E-state index in [0.717, 1.165) is 21.8 Å². The van der Waals surface area contributed by atoms with Gasteiger partial charge in [0.1, 0.15) is 18.2 Å². The lowest BCUT2D eigenvalue weighted by Crippen LogP contribution is -2.14. The number of rotatable bonds is 4. The van der Waals surface area contributed by atoms with Gasteiger partial charge in [0.05, 0.1) is 5.69 Å². The van der Waals surface area contributed by atoms with Crippen LogP contribution in [0.2, 0.25) is 0 Å². The van der Waals surface area contributed by atoms with E-state index in [1.165, 1.54) is 6.07 Å². The Morgan fingerprint density at radius 3 is 2.48 bits per heavy atom. The molecule has 0 aliphatic carbocycles. The van der Waals surface area contributed by atoms with Crippen molar-refractivity contribution >= 4 is 5.69 Å². The third kappa shape index (κ3) is 3.34. The summed E-state index contributed by atoms with van der Waals surface area (Å²) in [7, 11) is 1.57. The summed E-state index contributed by atoms with van der Waals surface area (Å²) in [5.74, 6) is 0.426. The Bertz CT molecular complexity index is 653. The number of hydrogen-bond acceptors (Lipinski definition) is 3. The quantitative estimate of drug-likeness (QED) is 0.858. The van der Waals surface area contributed by atoms with Crippen LogP contribution in [0.25, 0.3) is 0 Å². The van der Waals surface area contributed by atoms with Crippen LogP contribution in [0.4, 0.5) is 10.1 Å². The Labute approximate surface area is 124 Å². The molecule has 0 atom stereocenters. The molecule has 0 saturated heterocycles. The second-order valence-corrected chi connectivity index (χ2v) is 5.25. The number of aryl methyl sites for hydroxylation is 3. The maximum absolute atomic E-state index is 13.5. The van der Waals surface area contributed by atoms with E-state index in [1.54, 1.807) is 20.0 Å². The Morgan fingerprint density at radius 1 is 1.10 bits per heavy atom. The van der Waals surface area contributed by atoms with E-state index in [9.17, 15) is 9.60 Å². The maximum Gasteiger partial charge on any atom is 0.126 e. The minimum absolute atomic E-state index is 0.230. The molecule has 0 heterocycles. The van der Waals surface area contributed by atoms with Gasteiger partial charge in [0, 0.05) is 12.6 Å². The van der Waals surface area contributed by atoms with Gasteiger partial charge in [-0.05, 0) is 55.7 Å². The molecule has 0 fully saturated rings. The minimum atomic E-state index is -0.230. The largest absolute Gasteiger partial charge is 0.489 e. The fourth-order valence-electron chi connectivity index (χ4n) is 2.24. The van der Waals surface area contributed by atoms with Gasteiger partial charge in [-0.15, -0.1) is 0 Å². The average Bonchev–Trinajstić information content (AvgIpc) is 2.42. The molecule has 0 aromatic heterocycles. The van der Waals surface area contributed by atoms with Crippen molar-refractivity contribution in [3.8, 4) is 5.75 Å². The maximum atomic E-state index is 13.5. The van der Waals surface area contributed by atoms with Crippen LogP contribution in [-0.2, 0) is 6.61 Å². The predicted molar refractivity (Wildman–Crippen MR) is 81.6 cm³/mol. The van der Waals surface area contributed by atoms with Gasteiger partial charge >= 0.3 is 0 Å². The highest BCUT2D eigenvalue weighted by atomic mass is 19.1. The summed E-state index contributed by atoms with van der Waals surface area (Å²) in [6.07, 6.45) is 0. The lowest BCUT2D eigenvalue weighted by atomic mass is 10.1. The first-order valence-electron chi connectivity index (χ1n) is 6.80. The summed E-state index contributed by atoms with van der Waals surface area (Å²) in [6.45, 7) is 5.81. The molecule has 0 aliphatic rings. The molecular weight excluding hydrogens is 269 g/mol. The van der Waals surface area contributed by atoms with Gasteiger partial charge in [-0.3, -0.25) is 10.3 Å². The van der Waals surface area contributed by atoms with Gasteiger partial charge in [0.15, 0.2) is 0 Å². The Morgan fingerprint density at radius 2 is 1.81 bits per heavy atom. The van der Waals surface area contributed by atoms with Crippen LogP contribution in [0.3, 0.4) is 0 Å². The molecule has 2 aromatic carbocycles. The predicted octanol–water partition coefficient (Wildman–Crippen LogP) is 4.16. The molecule has 21 heavy (non-hydrogen) atoms. The highest BCUT2D eigenvalue weighted by Gasteiger charge is 2.11. The fourth-order valence-corrected chi connectivity index (χ4v) is 2.24. The van der Waals surface area contributed by atoms with E-state index < -0.39 is 0 Å². The van der Waals surface area contributed by atoms with Gasteiger partial charge in [-0.25, -0.2) is 4.39 Å². The lowest BCUT2D eigenvalue weighted by Gasteiger charge is -2.19. The van der Waals surface area contributed by atoms with Crippen molar-refractivity contribution in [3.63, 3.8) is 0 Å². The molecule has 0 bridgehead atoms. The molecule has 4 heteroatoms. The van der Waals surface area contributed by atoms with E-state index in [0.29, 0.717) is 23.6 Å². The monoisotopic (exact) mass is 289 g/mol. The number of hydrogen-bond donors (Lipinski definition) is 1. The average molecular weight is 289 g/mol. The second kappa shape index (κ2) is 6.14. The molecule has 2 rings (SSSR count). The first-order chi connectivity index (χ1) is 9.90. The normalized spacial score (nSPS) is 10.6. The molecule has 112 valence electrons. The number of hydroxylamine groups is 1. The van der Waals surface area contributed by atoms with Gasteiger partial charge in [-0.1, -0.05) is 12.1 Å². The molecule has 0 unspecified atom stereocenters. The fraction of sp³-hybridized carbons (Fsp3) is 0.294. The van der Waals surface area contributed by atoms with Crippen molar-refractivity contribution in [2.45, 2.75) is 27.4 Å². The molecule has 0 saturated carbocycles. The van der Waals surface area contributed by atoms with Gasteiger partial charge in [-0.2, -0.15) is 0 Å². The molecule has 0 radical (unpaired) electrons. The van der Waals surface area contributed by atoms with E-state index in [-0.39, 0.29) is 5.82 Å². The molecule has 0 spiro atoms. The summed E-state index contributed by atoms with van der Waals surface area (Å²) < 4.78 is 19.3.